The lowest BCUT2D eigenvalue weighted by atomic mass is 10.2. The van der Waals surface area contributed by atoms with Crippen molar-refractivity contribution in [1.29, 1.82) is 0 Å². The summed E-state index contributed by atoms with van der Waals surface area (Å²) in [5.41, 5.74) is 9.78. The molecule has 5 aromatic rings. The lowest BCUT2D eigenvalue weighted by Gasteiger charge is -2.28. The van der Waals surface area contributed by atoms with Crippen LogP contribution in [0.2, 0.25) is 0 Å². The van der Waals surface area contributed by atoms with Crippen LogP contribution in [-0.4, -0.2) is 57.9 Å². The molecule has 6 rings (SSSR count). The summed E-state index contributed by atoms with van der Waals surface area (Å²) in [5, 5.41) is 9.18. The molecule has 3 aromatic heterocycles. The number of hydrogen-bond acceptors (Lipinski definition) is 7. The summed E-state index contributed by atoms with van der Waals surface area (Å²) in [6.45, 7) is 3.25. The Balaban J connectivity index is 1.30. The van der Waals surface area contributed by atoms with Crippen LogP contribution in [0.1, 0.15) is 5.56 Å². The Morgan fingerprint density at radius 3 is 2.33 bits per heavy atom. The summed E-state index contributed by atoms with van der Waals surface area (Å²) in [7, 11) is 0. The van der Waals surface area contributed by atoms with E-state index in [2.05, 4.69) is 30.4 Å². The minimum atomic E-state index is -0.610. The third-order valence-corrected chi connectivity index (χ3v) is 6.80. The van der Waals surface area contributed by atoms with E-state index >= 15 is 0 Å². The molecule has 0 radical (unpaired) electrons. The number of pyridine rings is 1. The second kappa shape index (κ2) is 11.9. The average molecular weight is 564 g/mol. The van der Waals surface area contributed by atoms with E-state index < -0.39 is 6.03 Å². The number of urea groups is 2. The molecule has 0 saturated carbocycles. The van der Waals surface area contributed by atoms with E-state index in [1.54, 1.807) is 30.6 Å². The molecule has 2 aromatic carbocycles. The highest BCUT2D eigenvalue weighted by atomic mass is 16.5. The molecule has 4 heterocycles. The standard InChI is InChI=1S/C30H29N9O3/c31-29(40)33-24-3-1-2-20(18-24)19-39-13-10-25-27(38-14-16-42-17-15-38)36-26(37-28(25)39)21-4-6-22(7-5-21)34-30(41)35-23-8-11-32-12-9-23/h1-13,18H,14-17,19H2,(H3,31,33,40)(H2,32,34,35,41). The van der Waals surface area contributed by atoms with Gasteiger partial charge < -0.3 is 35.9 Å². The third-order valence-electron chi connectivity index (χ3n) is 6.80. The molecule has 12 heteroatoms. The van der Waals surface area contributed by atoms with Gasteiger partial charge in [-0.3, -0.25) is 4.98 Å². The molecule has 1 saturated heterocycles. The molecular formula is C30H29N9O3. The summed E-state index contributed by atoms with van der Waals surface area (Å²) in [4.78, 5) is 39.9. The van der Waals surface area contributed by atoms with Crippen molar-refractivity contribution in [3.63, 3.8) is 0 Å². The zero-order valence-corrected chi connectivity index (χ0v) is 22.7. The minimum absolute atomic E-state index is 0.353. The van der Waals surface area contributed by atoms with E-state index in [0.29, 0.717) is 42.6 Å². The predicted molar refractivity (Wildman–Crippen MR) is 162 cm³/mol. The number of nitrogens with zero attached hydrogens (tertiary/aromatic N) is 5. The maximum atomic E-state index is 12.4. The second-order valence-corrected chi connectivity index (χ2v) is 9.73. The Morgan fingerprint density at radius 2 is 1.60 bits per heavy atom. The lowest BCUT2D eigenvalue weighted by Crippen LogP contribution is -2.37. The number of rotatable bonds is 7. The van der Waals surface area contributed by atoms with E-state index in [0.717, 1.165) is 41.1 Å². The molecule has 1 fully saturated rings. The Morgan fingerprint density at radius 1 is 0.857 bits per heavy atom. The number of hydrogen-bond donors (Lipinski definition) is 4. The number of nitrogens with two attached hydrogens (primary N) is 1. The Labute approximate surface area is 241 Å². The first kappa shape index (κ1) is 26.7. The number of carbonyl (C=O) groups is 2. The van der Waals surface area contributed by atoms with Gasteiger partial charge in [-0.05, 0) is 60.2 Å². The number of nitrogens with one attached hydrogen (secondary N) is 3. The van der Waals surface area contributed by atoms with Crippen molar-refractivity contribution >= 4 is 46.0 Å². The quantitative estimate of drug-likeness (QED) is 0.227. The van der Waals surface area contributed by atoms with Crippen LogP contribution in [0.5, 0.6) is 0 Å². The van der Waals surface area contributed by atoms with E-state index in [4.69, 9.17) is 20.4 Å². The third kappa shape index (κ3) is 6.13. The number of anilines is 4. The Hall–Kier alpha value is -5.49. The fourth-order valence-electron chi connectivity index (χ4n) is 4.84. The first-order valence-electron chi connectivity index (χ1n) is 13.5. The number of aromatic nitrogens is 4. The molecule has 0 aliphatic carbocycles. The molecule has 0 spiro atoms. The highest BCUT2D eigenvalue weighted by Gasteiger charge is 2.20. The van der Waals surface area contributed by atoms with Crippen molar-refractivity contribution < 1.29 is 14.3 Å². The zero-order chi connectivity index (χ0) is 28.9. The second-order valence-electron chi connectivity index (χ2n) is 9.73. The number of morpholine rings is 1. The van der Waals surface area contributed by atoms with Crippen molar-refractivity contribution in [2.75, 3.05) is 47.2 Å². The van der Waals surface area contributed by atoms with Gasteiger partial charge in [0.25, 0.3) is 0 Å². The van der Waals surface area contributed by atoms with Crippen LogP contribution in [0.15, 0.2) is 85.3 Å². The van der Waals surface area contributed by atoms with Crippen LogP contribution in [0.25, 0.3) is 22.4 Å². The highest BCUT2D eigenvalue weighted by Crippen LogP contribution is 2.30. The van der Waals surface area contributed by atoms with Crippen molar-refractivity contribution in [2.45, 2.75) is 6.54 Å². The Bertz CT molecular complexity index is 1720. The van der Waals surface area contributed by atoms with Gasteiger partial charge in [-0.25, -0.2) is 19.6 Å². The minimum Gasteiger partial charge on any atom is -0.378 e. The molecule has 5 N–H and O–H groups in total. The molecule has 12 nitrogen and oxygen atoms in total. The normalized spacial score (nSPS) is 13.1. The van der Waals surface area contributed by atoms with Crippen LogP contribution in [0.3, 0.4) is 0 Å². The fourth-order valence-corrected chi connectivity index (χ4v) is 4.84. The van der Waals surface area contributed by atoms with E-state index in [9.17, 15) is 9.59 Å². The number of ether oxygens (including phenoxy) is 1. The van der Waals surface area contributed by atoms with Gasteiger partial charge in [0.1, 0.15) is 11.5 Å². The van der Waals surface area contributed by atoms with Crippen molar-refractivity contribution in [2.24, 2.45) is 5.73 Å². The summed E-state index contributed by atoms with van der Waals surface area (Å²) >= 11 is 0. The molecule has 4 amide bonds. The maximum absolute atomic E-state index is 12.4. The number of primary amides is 1. The van der Waals surface area contributed by atoms with Crippen LogP contribution in [0.4, 0.5) is 32.5 Å². The van der Waals surface area contributed by atoms with Crippen LogP contribution in [0, 0.1) is 0 Å². The molecule has 212 valence electrons. The first-order valence-corrected chi connectivity index (χ1v) is 13.5. The van der Waals surface area contributed by atoms with Gasteiger partial charge >= 0.3 is 12.1 Å². The molecule has 1 aliphatic rings. The average Bonchev–Trinajstić information content (AvgIpc) is 3.40. The number of amides is 4. The van der Waals surface area contributed by atoms with E-state index in [1.807, 2.05) is 54.7 Å². The SMILES string of the molecule is NC(=O)Nc1cccc(Cn2ccc3c(N4CCOCC4)nc(-c4ccc(NC(=O)Nc5ccncc5)cc4)nc32)c1. The van der Waals surface area contributed by atoms with Gasteiger partial charge in [0, 0.05) is 60.9 Å². The molecule has 42 heavy (non-hydrogen) atoms. The first-order chi connectivity index (χ1) is 20.5. The molecular weight excluding hydrogens is 534 g/mol. The van der Waals surface area contributed by atoms with Gasteiger partial charge in [0.05, 0.1) is 18.6 Å². The smallest absolute Gasteiger partial charge is 0.323 e. The van der Waals surface area contributed by atoms with E-state index in [-0.39, 0.29) is 6.03 Å². The van der Waals surface area contributed by atoms with Gasteiger partial charge in [-0.2, -0.15) is 0 Å². The monoisotopic (exact) mass is 563 g/mol. The molecule has 1 aliphatic heterocycles. The summed E-state index contributed by atoms with van der Waals surface area (Å²) in [6.07, 6.45) is 5.22. The van der Waals surface area contributed by atoms with Crippen molar-refractivity contribution in [3.8, 4) is 11.4 Å². The van der Waals surface area contributed by atoms with Crippen LogP contribution >= 0.6 is 0 Å². The largest absolute Gasteiger partial charge is 0.378 e. The van der Waals surface area contributed by atoms with E-state index in [1.165, 1.54) is 0 Å². The molecule has 0 atom stereocenters. The summed E-state index contributed by atoms with van der Waals surface area (Å²) < 4.78 is 7.64. The van der Waals surface area contributed by atoms with Crippen LogP contribution < -0.4 is 26.6 Å². The molecule has 0 unspecified atom stereocenters. The zero-order valence-electron chi connectivity index (χ0n) is 22.7. The number of carbonyl (C=O) groups excluding carboxylic acids is 2. The van der Waals surface area contributed by atoms with Gasteiger partial charge in [-0.1, -0.05) is 12.1 Å². The summed E-state index contributed by atoms with van der Waals surface area (Å²) in [6, 6.07) is 19.5. The molecule has 0 bridgehead atoms. The fraction of sp³-hybridized carbons (Fsp3) is 0.167. The number of fused-ring (bicyclic) bond motifs is 1. The van der Waals surface area contributed by atoms with Gasteiger partial charge in [0.15, 0.2) is 5.82 Å². The van der Waals surface area contributed by atoms with Crippen LogP contribution in [-0.2, 0) is 11.3 Å². The number of benzene rings is 2. The highest BCUT2D eigenvalue weighted by molar-refractivity contribution is 5.99. The Kier molecular flexibility index (Phi) is 7.60. The summed E-state index contributed by atoms with van der Waals surface area (Å²) in [5.74, 6) is 1.42. The maximum Gasteiger partial charge on any atom is 0.323 e. The van der Waals surface area contributed by atoms with Crippen molar-refractivity contribution in [3.05, 3.63) is 90.9 Å². The van der Waals surface area contributed by atoms with Gasteiger partial charge in [-0.15, -0.1) is 0 Å². The van der Waals surface area contributed by atoms with Crippen molar-refractivity contribution in [1.82, 2.24) is 19.5 Å². The predicted octanol–water partition coefficient (Wildman–Crippen LogP) is 4.51. The van der Waals surface area contributed by atoms with Gasteiger partial charge in [0.2, 0.25) is 0 Å². The topological polar surface area (TPSA) is 152 Å². The lowest BCUT2D eigenvalue weighted by molar-refractivity contribution is 0.122.